The predicted molar refractivity (Wildman–Crippen MR) is 144 cm³/mol. The smallest absolute Gasteiger partial charge is 0.146 e. The van der Waals surface area contributed by atoms with Gasteiger partial charge in [-0.15, -0.1) is 30.0 Å². The molecular weight excluding hydrogens is 452 g/mol. The normalized spacial score (nSPS) is 14.4. The van der Waals surface area contributed by atoms with E-state index in [0.29, 0.717) is 33.6 Å². The molecule has 2 aromatic carbocycles. The van der Waals surface area contributed by atoms with Crippen molar-refractivity contribution in [2.24, 2.45) is 0 Å². The van der Waals surface area contributed by atoms with Crippen molar-refractivity contribution in [3.05, 3.63) is 108 Å². The fourth-order valence-electron chi connectivity index (χ4n) is 3.83. The van der Waals surface area contributed by atoms with E-state index < -0.39 is 0 Å². The van der Waals surface area contributed by atoms with Crippen LogP contribution in [0.2, 0.25) is 0 Å². The van der Waals surface area contributed by atoms with Gasteiger partial charge in [0.15, 0.2) is 0 Å². The van der Waals surface area contributed by atoms with E-state index in [0.717, 1.165) is 11.0 Å². The molecule has 4 aromatic rings. The van der Waals surface area contributed by atoms with Crippen LogP contribution in [0.25, 0.3) is 33.5 Å². The summed E-state index contributed by atoms with van der Waals surface area (Å²) in [7, 11) is 0. The molecule has 0 spiro atoms. The van der Waals surface area contributed by atoms with E-state index >= 15 is 0 Å². The average molecular weight is 481 g/mol. The summed E-state index contributed by atoms with van der Waals surface area (Å²) in [5.74, 6) is -0.0289. The van der Waals surface area contributed by atoms with Crippen LogP contribution in [0.1, 0.15) is 27.2 Å². The lowest BCUT2D eigenvalue weighted by atomic mass is 9.99. The lowest BCUT2D eigenvalue weighted by Crippen LogP contribution is -2.08. The zero-order valence-electron chi connectivity index (χ0n) is 20.5. The highest BCUT2D eigenvalue weighted by Gasteiger charge is 2.18. The first-order valence-electron chi connectivity index (χ1n) is 11.6. The summed E-state index contributed by atoms with van der Waals surface area (Å²) in [6.07, 6.45) is 8.90. The van der Waals surface area contributed by atoms with Crippen molar-refractivity contribution in [1.82, 2.24) is 30.0 Å². The van der Waals surface area contributed by atoms with E-state index in [1.807, 2.05) is 75.4 Å². The minimum Gasteiger partial charge on any atom is -0.505 e. The molecule has 2 aromatic heterocycles. The summed E-state index contributed by atoms with van der Waals surface area (Å²) in [6, 6.07) is 15.0. The number of benzene rings is 2. The zero-order chi connectivity index (χ0) is 25.7. The van der Waals surface area contributed by atoms with Crippen molar-refractivity contribution < 1.29 is 10.2 Å². The van der Waals surface area contributed by atoms with Crippen LogP contribution in [0.15, 0.2) is 108 Å². The number of nitrogens with zero attached hydrogens (tertiary/aromatic N) is 6. The second-order valence-corrected chi connectivity index (χ2v) is 7.93. The average Bonchev–Trinajstić information content (AvgIpc) is 3.51. The summed E-state index contributed by atoms with van der Waals surface area (Å²) >= 11 is 0. The van der Waals surface area contributed by atoms with E-state index in [2.05, 4.69) is 27.0 Å². The molecule has 0 radical (unpaired) electrons. The maximum atomic E-state index is 11.3. The molecule has 0 bridgehead atoms. The first-order valence-corrected chi connectivity index (χ1v) is 11.6. The van der Waals surface area contributed by atoms with Crippen LogP contribution in [-0.2, 0) is 0 Å². The molecule has 0 amide bonds. The summed E-state index contributed by atoms with van der Waals surface area (Å²) in [6.45, 7) is 9.34. The van der Waals surface area contributed by atoms with Gasteiger partial charge in [-0.1, -0.05) is 55.1 Å². The minimum absolute atomic E-state index is 0.00571. The number of fused-ring (bicyclic) bond motifs is 2. The molecule has 0 unspecified atom stereocenters. The van der Waals surface area contributed by atoms with Gasteiger partial charge in [0, 0.05) is 12.0 Å². The van der Waals surface area contributed by atoms with Gasteiger partial charge in [-0.2, -0.15) is 0 Å². The molecule has 8 heteroatoms. The molecule has 182 valence electrons. The monoisotopic (exact) mass is 480 g/mol. The predicted octanol–water partition coefficient (Wildman–Crippen LogP) is 6.37. The van der Waals surface area contributed by atoms with E-state index in [1.165, 1.54) is 15.7 Å². The molecule has 0 saturated carbocycles. The first-order chi connectivity index (χ1) is 17.5. The molecule has 8 nitrogen and oxygen atoms in total. The summed E-state index contributed by atoms with van der Waals surface area (Å²) in [5.41, 5.74) is 4.77. The molecular formula is C28H28N6O2. The standard InChI is InChI=1S/C28H28N6O2/c1-5-13-20(28(36)26(8-4)34-31-23-16-11-12-17-24(23)32-34)18-19(6-2)27(35)25(7-3)33-29-21-14-9-10-15-22(21)30-33/h5-17,35-36H,3,18H2,1-2,4H3/b13-5-,19-6-,26-8+,27-25-,28-20-. The molecule has 36 heavy (non-hydrogen) atoms. The number of aliphatic hydroxyl groups excluding tert-OH is 2. The number of hydrogen-bond acceptors (Lipinski definition) is 6. The lowest BCUT2D eigenvalue weighted by Gasteiger charge is -2.14. The van der Waals surface area contributed by atoms with Gasteiger partial charge in [-0.25, -0.2) is 0 Å². The van der Waals surface area contributed by atoms with Crippen LogP contribution in [0, 0.1) is 0 Å². The van der Waals surface area contributed by atoms with Crippen LogP contribution in [0.3, 0.4) is 0 Å². The number of aromatic nitrogens is 6. The van der Waals surface area contributed by atoms with Gasteiger partial charge in [0.1, 0.15) is 45.0 Å². The second-order valence-electron chi connectivity index (χ2n) is 7.93. The Bertz CT molecular complexity index is 1510. The van der Waals surface area contributed by atoms with E-state index in [1.54, 1.807) is 18.2 Å². The first kappa shape index (κ1) is 24.4. The van der Waals surface area contributed by atoms with Crippen molar-refractivity contribution in [2.45, 2.75) is 27.2 Å². The third-order valence-corrected chi connectivity index (χ3v) is 5.66. The SMILES string of the molecule is C=C/C(=C(O)\C(=C/C)CC(/C=C\C)=C(O)/C(=C\C)n1nc2ccccc2n1)n1nc2ccccc2n1. The molecule has 0 aliphatic rings. The topological polar surface area (TPSA) is 102 Å². The molecule has 4 rings (SSSR count). The minimum atomic E-state index is -0.0346. The summed E-state index contributed by atoms with van der Waals surface area (Å²) in [5, 5.41) is 40.4. The Hall–Kier alpha value is -4.72. The van der Waals surface area contributed by atoms with E-state index in [-0.39, 0.29) is 17.9 Å². The van der Waals surface area contributed by atoms with Crippen LogP contribution in [0.4, 0.5) is 0 Å². The fourth-order valence-corrected chi connectivity index (χ4v) is 3.83. The highest BCUT2D eigenvalue weighted by atomic mass is 16.3. The molecule has 2 heterocycles. The summed E-state index contributed by atoms with van der Waals surface area (Å²) in [4.78, 5) is 2.79. The van der Waals surface area contributed by atoms with Gasteiger partial charge in [0.2, 0.25) is 0 Å². The van der Waals surface area contributed by atoms with Crippen LogP contribution in [-0.4, -0.2) is 40.2 Å². The Balaban J connectivity index is 1.74. The van der Waals surface area contributed by atoms with Crippen LogP contribution in [0.5, 0.6) is 0 Å². The largest absolute Gasteiger partial charge is 0.505 e. The Morgan fingerprint density at radius 2 is 1.28 bits per heavy atom. The molecule has 2 N–H and O–H groups in total. The Morgan fingerprint density at radius 3 is 1.69 bits per heavy atom. The van der Waals surface area contributed by atoms with Gasteiger partial charge in [-0.05, 0) is 56.7 Å². The fraction of sp³-hybridized carbons (Fsp3) is 0.143. The number of rotatable bonds is 8. The number of hydrogen-bond donors (Lipinski definition) is 2. The van der Waals surface area contributed by atoms with Gasteiger partial charge in [0.05, 0.1) is 0 Å². The third kappa shape index (κ3) is 4.74. The highest BCUT2D eigenvalue weighted by Crippen LogP contribution is 2.28. The van der Waals surface area contributed by atoms with Gasteiger partial charge < -0.3 is 10.2 Å². The molecule has 0 aliphatic heterocycles. The van der Waals surface area contributed by atoms with Crippen molar-refractivity contribution in [2.75, 3.05) is 0 Å². The van der Waals surface area contributed by atoms with Crippen molar-refractivity contribution in [3.63, 3.8) is 0 Å². The van der Waals surface area contributed by atoms with Gasteiger partial charge in [0.25, 0.3) is 0 Å². The van der Waals surface area contributed by atoms with Crippen LogP contribution < -0.4 is 0 Å². The van der Waals surface area contributed by atoms with Gasteiger partial charge >= 0.3 is 0 Å². The van der Waals surface area contributed by atoms with Crippen molar-refractivity contribution in [1.29, 1.82) is 0 Å². The molecule has 0 saturated heterocycles. The summed E-state index contributed by atoms with van der Waals surface area (Å²) < 4.78 is 0. The molecule has 0 atom stereocenters. The molecule has 0 fully saturated rings. The zero-order valence-corrected chi connectivity index (χ0v) is 20.5. The van der Waals surface area contributed by atoms with Crippen LogP contribution >= 0.6 is 0 Å². The number of allylic oxidation sites excluding steroid dienone is 9. The maximum absolute atomic E-state index is 11.3. The quantitative estimate of drug-likeness (QED) is 0.224. The lowest BCUT2D eigenvalue weighted by molar-refractivity contribution is 0.412. The maximum Gasteiger partial charge on any atom is 0.146 e. The van der Waals surface area contributed by atoms with Crippen molar-refractivity contribution in [3.8, 4) is 0 Å². The Labute approximate surface area is 209 Å². The highest BCUT2D eigenvalue weighted by molar-refractivity contribution is 5.76. The van der Waals surface area contributed by atoms with E-state index in [9.17, 15) is 10.2 Å². The Kier molecular flexibility index (Phi) is 7.25. The third-order valence-electron chi connectivity index (χ3n) is 5.66. The number of aliphatic hydroxyl groups is 2. The Morgan fingerprint density at radius 1 is 0.778 bits per heavy atom. The van der Waals surface area contributed by atoms with Crippen molar-refractivity contribution >= 4 is 33.5 Å². The second kappa shape index (κ2) is 10.7. The van der Waals surface area contributed by atoms with E-state index in [4.69, 9.17) is 0 Å². The molecule has 0 aliphatic carbocycles. The van der Waals surface area contributed by atoms with Gasteiger partial charge in [-0.3, -0.25) is 0 Å².